The number of carbonyl (C=O) groups excluding carboxylic acids is 1. The van der Waals surface area contributed by atoms with Gasteiger partial charge in [-0.25, -0.2) is 0 Å². The highest BCUT2D eigenvalue weighted by Gasteiger charge is 2.24. The van der Waals surface area contributed by atoms with Gasteiger partial charge in [0, 0.05) is 12.1 Å². The summed E-state index contributed by atoms with van der Waals surface area (Å²) in [4.78, 5) is 11.9. The zero-order chi connectivity index (χ0) is 12.1. The summed E-state index contributed by atoms with van der Waals surface area (Å²) >= 11 is 0. The molecule has 0 saturated heterocycles. The molecule has 3 heteroatoms. The quantitative estimate of drug-likeness (QED) is 0.709. The molecule has 3 nitrogen and oxygen atoms in total. The predicted octanol–water partition coefficient (Wildman–Crippen LogP) is 1.91. The summed E-state index contributed by atoms with van der Waals surface area (Å²) in [7, 11) is 0. The van der Waals surface area contributed by atoms with Gasteiger partial charge in [0.25, 0.3) is 0 Å². The molecule has 3 N–H and O–H groups in total. The highest BCUT2D eigenvalue weighted by molar-refractivity contribution is 5.79. The highest BCUT2D eigenvalue weighted by atomic mass is 16.2. The number of carbonyl (C=O) groups is 1. The lowest BCUT2D eigenvalue weighted by molar-refractivity contribution is -0.126. The molecule has 1 atom stereocenters. The standard InChI is InChI=1S/C12H26N2O/c1-6-12(4,5)14-11(15)10(8-13)7-9(2)3/h9-10H,6-8,13H2,1-5H3,(H,14,15). The smallest absolute Gasteiger partial charge is 0.224 e. The summed E-state index contributed by atoms with van der Waals surface area (Å²) < 4.78 is 0. The normalized spacial score (nSPS) is 14.1. The van der Waals surface area contributed by atoms with E-state index in [2.05, 4.69) is 26.1 Å². The fraction of sp³-hybridized carbons (Fsp3) is 0.917. The van der Waals surface area contributed by atoms with Crippen molar-refractivity contribution in [2.45, 2.75) is 53.0 Å². The minimum absolute atomic E-state index is 0.0455. The van der Waals surface area contributed by atoms with Crippen molar-refractivity contribution in [3.05, 3.63) is 0 Å². The first-order chi connectivity index (χ1) is 6.82. The van der Waals surface area contributed by atoms with Gasteiger partial charge in [0.2, 0.25) is 5.91 Å². The number of hydrogen-bond acceptors (Lipinski definition) is 2. The Morgan fingerprint density at radius 2 is 1.93 bits per heavy atom. The van der Waals surface area contributed by atoms with Gasteiger partial charge < -0.3 is 11.1 Å². The first-order valence-corrected chi connectivity index (χ1v) is 5.84. The fourth-order valence-corrected chi connectivity index (χ4v) is 1.40. The van der Waals surface area contributed by atoms with Crippen LogP contribution in [0.4, 0.5) is 0 Å². The fourth-order valence-electron chi connectivity index (χ4n) is 1.40. The Balaban J connectivity index is 4.27. The summed E-state index contributed by atoms with van der Waals surface area (Å²) in [6.07, 6.45) is 1.79. The van der Waals surface area contributed by atoms with Crippen molar-refractivity contribution in [1.82, 2.24) is 5.32 Å². The molecule has 0 aliphatic heterocycles. The number of nitrogens with two attached hydrogens (primary N) is 1. The van der Waals surface area contributed by atoms with Gasteiger partial charge >= 0.3 is 0 Å². The lowest BCUT2D eigenvalue weighted by Crippen LogP contribution is -2.47. The summed E-state index contributed by atoms with van der Waals surface area (Å²) in [6, 6.07) is 0. The predicted molar refractivity (Wildman–Crippen MR) is 64.5 cm³/mol. The van der Waals surface area contributed by atoms with Gasteiger partial charge in [0.1, 0.15) is 0 Å². The topological polar surface area (TPSA) is 55.1 Å². The molecule has 15 heavy (non-hydrogen) atoms. The zero-order valence-corrected chi connectivity index (χ0v) is 10.8. The molecule has 0 aromatic heterocycles. The molecular formula is C12H26N2O. The van der Waals surface area contributed by atoms with Crippen molar-refractivity contribution in [3.8, 4) is 0 Å². The van der Waals surface area contributed by atoms with Crippen molar-refractivity contribution in [2.75, 3.05) is 6.54 Å². The van der Waals surface area contributed by atoms with Crippen molar-refractivity contribution in [3.63, 3.8) is 0 Å². The summed E-state index contributed by atoms with van der Waals surface area (Å²) in [6.45, 7) is 10.8. The van der Waals surface area contributed by atoms with Crippen LogP contribution in [0.1, 0.15) is 47.5 Å². The molecule has 0 bridgehead atoms. The van der Waals surface area contributed by atoms with Crippen LogP contribution in [0.25, 0.3) is 0 Å². The average molecular weight is 214 g/mol. The maximum atomic E-state index is 11.9. The SMILES string of the molecule is CCC(C)(C)NC(=O)C(CN)CC(C)C. The first-order valence-electron chi connectivity index (χ1n) is 5.84. The second kappa shape index (κ2) is 6.11. The second-order valence-corrected chi connectivity index (χ2v) is 5.29. The van der Waals surface area contributed by atoms with Crippen LogP contribution in [0.15, 0.2) is 0 Å². The van der Waals surface area contributed by atoms with Gasteiger partial charge in [-0.15, -0.1) is 0 Å². The van der Waals surface area contributed by atoms with Crippen LogP contribution in [0, 0.1) is 11.8 Å². The molecule has 90 valence electrons. The Kier molecular flexibility index (Phi) is 5.88. The van der Waals surface area contributed by atoms with E-state index in [-0.39, 0.29) is 17.4 Å². The van der Waals surface area contributed by atoms with Crippen molar-refractivity contribution >= 4 is 5.91 Å². The van der Waals surface area contributed by atoms with Crippen molar-refractivity contribution < 1.29 is 4.79 Å². The third-order valence-electron chi connectivity index (χ3n) is 2.76. The number of rotatable bonds is 6. The van der Waals surface area contributed by atoms with E-state index in [1.54, 1.807) is 0 Å². The maximum Gasteiger partial charge on any atom is 0.224 e. The molecule has 0 heterocycles. The van der Waals surface area contributed by atoms with E-state index in [1.165, 1.54) is 0 Å². The third-order valence-corrected chi connectivity index (χ3v) is 2.76. The molecule has 0 aliphatic carbocycles. The molecular weight excluding hydrogens is 188 g/mol. The molecule has 0 rings (SSSR count). The Bertz CT molecular complexity index is 200. The Morgan fingerprint density at radius 3 is 2.27 bits per heavy atom. The molecule has 1 unspecified atom stereocenters. The Hall–Kier alpha value is -0.570. The monoisotopic (exact) mass is 214 g/mol. The first kappa shape index (κ1) is 14.4. The van der Waals surface area contributed by atoms with Gasteiger partial charge in [-0.3, -0.25) is 4.79 Å². The largest absolute Gasteiger partial charge is 0.351 e. The molecule has 1 amide bonds. The molecule has 0 aliphatic rings. The van der Waals surface area contributed by atoms with E-state index in [0.717, 1.165) is 12.8 Å². The molecule has 0 fully saturated rings. The second-order valence-electron chi connectivity index (χ2n) is 5.29. The van der Waals surface area contributed by atoms with E-state index in [0.29, 0.717) is 12.5 Å². The van der Waals surface area contributed by atoms with Crippen LogP contribution < -0.4 is 11.1 Å². The maximum absolute atomic E-state index is 11.9. The summed E-state index contributed by atoms with van der Waals surface area (Å²) in [5.74, 6) is 0.558. The van der Waals surface area contributed by atoms with E-state index in [4.69, 9.17) is 5.73 Å². The minimum atomic E-state index is -0.124. The molecule has 0 aromatic rings. The van der Waals surface area contributed by atoms with Crippen LogP contribution in [-0.2, 0) is 4.79 Å². The summed E-state index contributed by atoms with van der Waals surface area (Å²) in [5.41, 5.74) is 5.50. The van der Waals surface area contributed by atoms with Crippen LogP contribution in [0.3, 0.4) is 0 Å². The minimum Gasteiger partial charge on any atom is -0.351 e. The van der Waals surface area contributed by atoms with E-state index in [9.17, 15) is 4.79 Å². The van der Waals surface area contributed by atoms with Crippen molar-refractivity contribution in [1.29, 1.82) is 0 Å². The number of nitrogens with one attached hydrogen (secondary N) is 1. The Morgan fingerprint density at radius 1 is 1.40 bits per heavy atom. The van der Waals surface area contributed by atoms with Gasteiger partial charge in [-0.05, 0) is 32.6 Å². The zero-order valence-electron chi connectivity index (χ0n) is 10.8. The molecule has 0 spiro atoms. The van der Waals surface area contributed by atoms with Crippen LogP contribution in [0.5, 0.6) is 0 Å². The van der Waals surface area contributed by atoms with E-state index < -0.39 is 0 Å². The third kappa shape index (κ3) is 5.78. The van der Waals surface area contributed by atoms with Crippen LogP contribution in [-0.4, -0.2) is 18.0 Å². The average Bonchev–Trinajstić information content (AvgIpc) is 2.13. The lowest BCUT2D eigenvalue weighted by Gasteiger charge is -2.27. The number of amides is 1. The Labute approximate surface area is 93.8 Å². The van der Waals surface area contributed by atoms with Crippen molar-refractivity contribution in [2.24, 2.45) is 17.6 Å². The molecule has 0 saturated carbocycles. The number of hydrogen-bond donors (Lipinski definition) is 2. The highest BCUT2D eigenvalue weighted by Crippen LogP contribution is 2.14. The van der Waals surface area contributed by atoms with Gasteiger partial charge in [0.15, 0.2) is 0 Å². The van der Waals surface area contributed by atoms with Crippen LogP contribution >= 0.6 is 0 Å². The molecule has 0 radical (unpaired) electrons. The van der Waals surface area contributed by atoms with E-state index in [1.807, 2.05) is 13.8 Å². The van der Waals surface area contributed by atoms with Crippen LogP contribution in [0.2, 0.25) is 0 Å². The van der Waals surface area contributed by atoms with Gasteiger partial charge in [0.05, 0.1) is 5.92 Å². The molecule has 0 aromatic carbocycles. The van der Waals surface area contributed by atoms with Gasteiger partial charge in [-0.2, -0.15) is 0 Å². The summed E-state index contributed by atoms with van der Waals surface area (Å²) in [5, 5.41) is 3.04. The van der Waals surface area contributed by atoms with Gasteiger partial charge in [-0.1, -0.05) is 20.8 Å². The van der Waals surface area contributed by atoms with E-state index >= 15 is 0 Å². The lowest BCUT2D eigenvalue weighted by atomic mass is 9.94.